The number of aromatic nitrogens is 1. The first-order valence-corrected chi connectivity index (χ1v) is 9.41. The summed E-state index contributed by atoms with van der Waals surface area (Å²) < 4.78 is 7.37. The van der Waals surface area contributed by atoms with Crippen molar-refractivity contribution in [3.8, 4) is 0 Å². The summed E-state index contributed by atoms with van der Waals surface area (Å²) in [6, 6.07) is 2.57. The van der Waals surface area contributed by atoms with Crippen LogP contribution in [0.3, 0.4) is 0 Å². The molecule has 0 bridgehead atoms. The van der Waals surface area contributed by atoms with E-state index in [9.17, 15) is 9.59 Å². The molecule has 0 radical (unpaired) electrons. The lowest BCUT2D eigenvalue weighted by Gasteiger charge is -2.28. The Bertz CT molecular complexity index is 775. The highest BCUT2D eigenvalue weighted by atomic mass is 32.1. The number of thiocarbonyl (C=S) groups is 1. The molecule has 2 aliphatic rings. The van der Waals surface area contributed by atoms with Crippen LogP contribution in [0.1, 0.15) is 48.7 Å². The fraction of sp³-hybridized carbons (Fsp3) is 0.526. The zero-order valence-electron chi connectivity index (χ0n) is 15.5. The van der Waals surface area contributed by atoms with Gasteiger partial charge < -0.3 is 9.30 Å². The molecule has 1 N–H and O–H groups in total. The molecule has 0 spiro atoms. The highest BCUT2D eigenvalue weighted by Gasteiger charge is 2.33. The topological polar surface area (TPSA) is 63.6 Å². The van der Waals surface area contributed by atoms with Crippen molar-refractivity contribution in [1.82, 2.24) is 14.8 Å². The lowest BCUT2D eigenvalue weighted by molar-refractivity contribution is -0.129. The number of amides is 2. The maximum absolute atomic E-state index is 12.8. The Morgan fingerprint density at radius 2 is 2.00 bits per heavy atom. The van der Waals surface area contributed by atoms with Crippen LogP contribution in [0.4, 0.5) is 0 Å². The summed E-state index contributed by atoms with van der Waals surface area (Å²) >= 11 is 5.12. The maximum atomic E-state index is 12.8. The van der Waals surface area contributed by atoms with E-state index in [1.165, 1.54) is 30.6 Å². The molecule has 26 heavy (non-hydrogen) atoms. The van der Waals surface area contributed by atoms with Gasteiger partial charge in [-0.3, -0.25) is 19.8 Å². The molecule has 1 aliphatic carbocycles. The van der Waals surface area contributed by atoms with Crippen LogP contribution >= 0.6 is 12.2 Å². The summed E-state index contributed by atoms with van der Waals surface area (Å²) in [5.74, 6) is -0.819. The highest BCUT2D eigenvalue weighted by molar-refractivity contribution is 7.80. The number of aryl methyl sites for hydroxylation is 1. The molecular weight excluding hydrogens is 350 g/mol. The molecule has 7 heteroatoms. The van der Waals surface area contributed by atoms with Gasteiger partial charge in [0.2, 0.25) is 0 Å². The van der Waals surface area contributed by atoms with Crippen LogP contribution in [-0.2, 0) is 14.3 Å². The first kappa shape index (κ1) is 18.8. The van der Waals surface area contributed by atoms with Crippen molar-refractivity contribution >= 4 is 35.2 Å². The average molecular weight is 375 g/mol. The monoisotopic (exact) mass is 375 g/mol. The number of hydrogen-bond acceptors (Lipinski definition) is 4. The zero-order chi connectivity index (χ0) is 18.8. The molecule has 1 saturated carbocycles. The predicted molar refractivity (Wildman–Crippen MR) is 104 cm³/mol. The van der Waals surface area contributed by atoms with Crippen molar-refractivity contribution in [2.45, 2.75) is 45.6 Å². The van der Waals surface area contributed by atoms with Gasteiger partial charge in [0, 0.05) is 24.5 Å². The van der Waals surface area contributed by atoms with Crippen LogP contribution in [0.5, 0.6) is 0 Å². The third-order valence-electron chi connectivity index (χ3n) is 5.22. The van der Waals surface area contributed by atoms with E-state index >= 15 is 0 Å². The van der Waals surface area contributed by atoms with Crippen LogP contribution in [-0.4, -0.2) is 46.7 Å². The third kappa shape index (κ3) is 3.46. The van der Waals surface area contributed by atoms with Gasteiger partial charge in [0.05, 0.1) is 13.2 Å². The minimum atomic E-state index is -0.445. The lowest BCUT2D eigenvalue weighted by atomic mass is 10.1. The van der Waals surface area contributed by atoms with Gasteiger partial charge in [-0.1, -0.05) is 12.8 Å². The van der Waals surface area contributed by atoms with E-state index in [-0.39, 0.29) is 16.6 Å². The standard InChI is InChI=1S/C19H25N3O3S/c1-12-10-14(13(2)22(12)15-6-4-5-7-15)11-16-17(23)20-19(26)21(18(16)24)8-9-25-3/h10-11,15H,4-9H2,1-3H3,(H,20,23,26)/b16-11+. The fourth-order valence-corrected chi connectivity index (χ4v) is 4.18. The van der Waals surface area contributed by atoms with Gasteiger partial charge >= 0.3 is 0 Å². The first-order valence-electron chi connectivity index (χ1n) is 9.00. The highest BCUT2D eigenvalue weighted by Crippen LogP contribution is 2.34. The van der Waals surface area contributed by atoms with Crippen molar-refractivity contribution in [3.05, 3.63) is 28.6 Å². The summed E-state index contributed by atoms with van der Waals surface area (Å²) in [6.45, 7) is 4.80. The van der Waals surface area contributed by atoms with Crippen LogP contribution in [0, 0.1) is 13.8 Å². The molecule has 1 aliphatic heterocycles. The van der Waals surface area contributed by atoms with E-state index in [0.717, 1.165) is 17.0 Å². The minimum Gasteiger partial charge on any atom is -0.383 e. The van der Waals surface area contributed by atoms with E-state index < -0.39 is 5.91 Å². The summed E-state index contributed by atoms with van der Waals surface area (Å²) in [5.41, 5.74) is 3.28. The quantitative estimate of drug-likeness (QED) is 0.488. The number of rotatable bonds is 5. The van der Waals surface area contributed by atoms with Gasteiger partial charge in [0.1, 0.15) is 5.57 Å². The Hall–Kier alpha value is -1.99. The summed E-state index contributed by atoms with van der Waals surface area (Å²) in [6.07, 6.45) is 6.57. The molecule has 2 fully saturated rings. The molecule has 0 unspecified atom stereocenters. The Balaban J connectivity index is 1.93. The molecule has 1 saturated heterocycles. The molecule has 3 rings (SSSR count). The molecule has 2 heterocycles. The van der Waals surface area contributed by atoms with Gasteiger partial charge in [-0.15, -0.1) is 0 Å². The Labute approximate surface area is 159 Å². The predicted octanol–water partition coefficient (Wildman–Crippen LogP) is 2.49. The van der Waals surface area contributed by atoms with E-state index in [4.69, 9.17) is 17.0 Å². The van der Waals surface area contributed by atoms with Crippen molar-refractivity contribution < 1.29 is 14.3 Å². The van der Waals surface area contributed by atoms with Gasteiger partial charge in [0.25, 0.3) is 11.8 Å². The van der Waals surface area contributed by atoms with Gasteiger partial charge in [0.15, 0.2) is 5.11 Å². The Morgan fingerprint density at radius 1 is 1.31 bits per heavy atom. The average Bonchev–Trinajstić information content (AvgIpc) is 3.19. The zero-order valence-corrected chi connectivity index (χ0v) is 16.3. The van der Waals surface area contributed by atoms with E-state index in [1.807, 2.05) is 6.07 Å². The van der Waals surface area contributed by atoms with E-state index in [0.29, 0.717) is 19.2 Å². The Morgan fingerprint density at radius 3 is 2.65 bits per heavy atom. The molecule has 0 aromatic carbocycles. The molecule has 1 aromatic rings. The largest absolute Gasteiger partial charge is 0.383 e. The van der Waals surface area contributed by atoms with Crippen molar-refractivity contribution in [1.29, 1.82) is 0 Å². The number of hydrogen-bond donors (Lipinski definition) is 1. The number of nitrogens with zero attached hydrogens (tertiary/aromatic N) is 2. The Kier molecular flexibility index (Phi) is 5.58. The number of carbonyl (C=O) groups is 2. The van der Waals surface area contributed by atoms with Crippen LogP contribution in [0.2, 0.25) is 0 Å². The number of ether oxygens (including phenoxy) is 1. The van der Waals surface area contributed by atoms with Crippen molar-refractivity contribution in [3.63, 3.8) is 0 Å². The van der Waals surface area contributed by atoms with Crippen LogP contribution in [0.25, 0.3) is 6.08 Å². The maximum Gasteiger partial charge on any atom is 0.265 e. The smallest absolute Gasteiger partial charge is 0.265 e. The van der Waals surface area contributed by atoms with Crippen molar-refractivity contribution in [2.75, 3.05) is 20.3 Å². The first-order chi connectivity index (χ1) is 12.4. The van der Waals surface area contributed by atoms with Gasteiger partial charge in [-0.2, -0.15) is 0 Å². The molecule has 140 valence electrons. The second-order valence-corrected chi connectivity index (χ2v) is 7.29. The second kappa shape index (κ2) is 7.72. The van der Waals surface area contributed by atoms with Gasteiger partial charge in [-0.25, -0.2) is 0 Å². The molecular formula is C19H25N3O3S. The molecule has 2 amide bonds. The normalized spacial score (nSPS) is 20.3. The lowest BCUT2D eigenvalue weighted by Crippen LogP contribution is -2.54. The molecule has 0 atom stereocenters. The fourth-order valence-electron chi connectivity index (χ4n) is 3.91. The van der Waals surface area contributed by atoms with Gasteiger partial charge in [-0.05, 0) is 56.6 Å². The summed E-state index contributed by atoms with van der Waals surface area (Å²) in [5, 5.41) is 2.73. The van der Waals surface area contributed by atoms with E-state index in [1.54, 1.807) is 13.2 Å². The summed E-state index contributed by atoms with van der Waals surface area (Å²) in [4.78, 5) is 26.5. The minimum absolute atomic E-state index is 0.112. The second-order valence-electron chi connectivity index (χ2n) is 6.90. The number of carbonyl (C=O) groups excluding carboxylic acids is 2. The van der Waals surface area contributed by atoms with Crippen molar-refractivity contribution in [2.24, 2.45) is 0 Å². The summed E-state index contributed by atoms with van der Waals surface area (Å²) in [7, 11) is 1.56. The van der Waals surface area contributed by atoms with E-state index in [2.05, 4.69) is 23.7 Å². The van der Waals surface area contributed by atoms with Crippen LogP contribution < -0.4 is 5.32 Å². The number of nitrogens with one attached hydrogen (secondary N) is 1. The SMILES string of the molecule is COCCN1C(=O)/C(=C/c2cc(C)n(C3CCCC3)c2C)C(=O)NC1=S. The van der Waals surface area contributed by atoms with Crippen LogP contribution in [0.15, 0.2) is 11.6 Å². The molecule has 1 aromatic heterocycles. The number of methoxy groups -OCH3 is 1. The third-order valence-corrected chi connectivity index (χ3v) is 5.54. The molecule has 6 nitrogen and oxygen atoms in total.